The van der Waals surface area contributed by atoms with Crippen molar-refractivity contribution in [2.45, 2.75) is 11.8 Å². The minimum Gasteiger partial charge on any atom is -0.457 e. The SMILES string of the molecule is Nc1cccc(Oc2ccc(C3(c4ccc(Oc5cccc(N)c5)cc4)C=CC=CC3)cc2)c1. The summed E-state index contributed by atoms with van der Waals surface area (Å²) in [7, 11) is 0. The summed E-state index contributed by atoms with van der Waals surface area (Å²) in [4.78, 5) is 0. The molecule has 0 atom stereocenters. The van der Waals surface area contributed by atoms with E-state index in [-0.39, 0.29) is 5.41 Å². The van der Waals surface area contributed by atoms with Gasteiger partial charge in [0.15, 0.2) is 0 Å². The van der Waals surface area contributed by atoms with E-state index in [1.165, 1.54) is 11.1 Å². The van der Waals surface area contributed by atoms with E-state index in [1.54, 1.807) is 0 Å². The molecule has 0 heterocycles. The Morgan fingerprint density at radius 3 is 1.47 bits per heavy atom. The van der Waals surface area contributed by atoms with E-state index in [0.717, 1.165) is 29.4 Å². The van der Waals surface area contributed by atoms with Crippen LogP contribution < -0.4 is 20.9 Å². The number of nitrogen functional groups attached to an aromatic ring is 2. The molecule has 0 bridgehead atoms. The predicted octanol–water partition coefficient (Wildman–Crippen LogP) is 7.24. The van der Waals surface area contributed by atoms with Gasteiger partial charge in [-0.15, -0.1) is 0 Å². The van der Waals surface area contributed by atoms with Crippen LogP contribution in [0.4, 0.5) is 11.4 Å². The van der Waals surface area contributed by atoms with Crippen LogP contribution in [0.25, 0.3) is 0 Å². The number of ether oxygens (including phenoxy) is 2. The summed E-state index contributed by atoms with van der Waals surface area (Å²) in [6.45, 7) is 0. The van der Waals surface area contributed by atoms with Crippen molar-refractivity contribution in [2.75, 3.05) is 11.5 Å². The third kappa shape index (κ3) is 4.52. The molecular weight excluding hydrogens is 420 g/mol. The largest absolute Gasteiger partial charge is 0.457 e. The number of anilines is 2. The molecule has 0 fully saturated rings. The Labute approximate surface area is 199 Å². The van der Waals surface area contributed by atoms with Gasteiger partial charge in [-0.3, -0.25) is 0 Å². The van der Waals surface area contributed by atoms with Crippen molar-refractivity contribution in [1.82, 2.24) is 0 Å². The average molecular weight is 447 g/mol. The quantitative estimate of drug-likeness (QED) is 0.306. The van der Waals surface area contributed by atoms with Crippen molar-refractivity contribution >= 4 is 11.4 Å². The highest BCUT2D eigenvalue weighted by Gasteiger charge is 2.31. The lowest BCUT2D eigenvalue weighted by atomic mass is 9.70. The van der Waals surface area contributed by atoms with E-state index < -0.39 is 0 Å². The fourth-order valence-electron chi connectivity index (χ4n) is 4.28. The fraction of sp³-hybridized carbons (Fsp3) is 0.0667. The fourth-order valence-corrected chi connectivity index (χ4v) is 4.28. The predicted molar refractivity (Wildman–Crippen MR) is 138 cm³/mol. The summed E-state index contributed by atoms with van der Waals surface area (Å²) in [6.07, 6.45) is 9.53. The van der Waals surface area contributed by atoms with E-state index in [1.807, 2.05) is 72.8 Å². The van der Waals surface area contributed by atoms with Gasteiger partial charge in [0, 0.05) is 28.9 Å². The highest BCUT2D eigenvalue weighted by molar-refractivity contribution is 5.51. The molecule has 4 N–H and O–H groups in total. The Morgan fingerprint density at radius 2 is 1.06 bits per heavy atom. The van der Waals surface area contributed by atoms with Gasteiger partial charge in [0.25, 0.3) is 0 Å². The molecule has 0 aliphatic heterocycles. The van der Waals surface area contributed by atoms with E-state index in [9.17, 15) is 0 Å². The molecule has 0 amide bonds. The summed E-state index contributed by atoms with van der Waals surface area (Å²) in [5.41, 5.74) is 15.2. The lowest BCUT2D eigenvalue weighted by Gasteiger charge is -2.33. The minimum absolute atomic E-state index is 0.264. The molecule has 0 unspecified atom stereocenters. The van der Waals surface area contributed by atoms with Gasteiger partial charge in [-0.2, -0.15) is 0 Å². The first-order chi connectivity index (χ1) is 16.6. The van der Waals surface area contributed by atoms with E-state index >= 15 is 0 Å². The Hall–Kier alpha value is -4.44. The van der Waals surface area contributed by atoms with Crippen LogP contribution in [0.2, 0.25) is 0 Å². The summed E-state index contributed by atoms with van der Waals surface area (Å²) < 4.78 is 12.0. The summed E-state index contributed by atoms with van der Waals surface area (Å²) in [5, 5.41) is 0. The molecule has 4 aromatic rings. The molecule has 4 nitrogen and oxygen atoms in total. The van der Waals surface area contributed by atoms with Crippen LogP contribution in [0.5, 0.6) is 23.0 Å². The van der Waals surface area contributed by atoms with Gasteiger partial charge in [-0.1, -0.05) is 60.7 Å². The zero-order chi connectivity index (χ0) is 23.4. The van der Waals surface area contributed by atoms with Gasteiger partial charge in [-0.25, -0.2) is 0 Å². The zero-order valence-corrected chi connectivity index (χ0v) is 18.7. The Kier molecular flexibility index (Phi) is 5.79. The molecule has 0 radical (unpaired) electrons. The lowest BCUT2D eigenvalue weighted by molar-refractivity contribution is 0.481. The smallest absolute Gasteiger partial charge is 0.129 e. The molecule has 4 heteroatoms. The zero-order valence-electron chi connectivity index (χ0n) is 18.7. The van der Waals surface area contributed by atoms with Crippen molar-refractivity contribution in [3.05, 3.63) is 132 Å². The van der Waals surface area contributed by atoms with Gasteiger partial charge >= 0.3 is 0 Å². The van der Waals surface area contributed by atoms with Crippen LogP contribution in [-0.4, -0.2) is 0 Å². The molecule has 5 rings (SSSR count). The van der Waals surface area contributed by atoms with E-state index in [2.05, 4.69) is 48.6 Å². The van der Waals surface area contributed by atoms with E-state index in [0.29, 0.717) is 11.4 Å². The number of allylic oxidation sites excluding steroid dienone is 4. The van der Waals surface area contributed by atoms with Crippen molar-refractivity contribution < 1.29 is 9.47 Å². The van der Waals surface area contributed by atoms with Crippen molar-refractivity contribution in [3.63, 3.8) is 0 Å². The second-order valence-electron chi connectivity index (χ2n) is 8.36. The van der Waals surface area contributed by atoms with Crippen LogP contribution in [0.1, 0.15) is 17.5 Å². The van der Waals surface area contributed by atoms with Crippen LogP contribution in [0, 0.1) is 0 Å². The van der Waals surface area contributed by atoms with Crippen molar-refractivity contribution in [1.29, 1.82) is 0 Å². The minimum atomic E-state index is -0.264. The monoisotopic (exact) mass is 446 g/mol. The first-order valence-corrected chi connectivity index (χ1v) is 11.2. The normalized spacial score (nSPS) is 14.0. The molecule has 1 aliphatic rings. The van der Waals surface area contributed by atoms with Gasteiger partial charge in [0.1, 0.15) is 23.0 Å². The maximum absolute atomic E-state index is 5.98. The van der Waals surface area contributed by atoms with Crippen LogP contribution in [0.15, 0.2) is 121 Å². The van der Waals surface area contributed by atoms with Crippen molar-refractivity contribution in [2.24, 2.45) is 0 Å². The topological polar surface area (TPSA) is 70.5 Å². The molecule has 1 aliphatic carbocycles. The molecule has 34 heavy (non-hydrogen) atoms. The van der Waals surface area contributed by atoms with Gasteiger partial charge in [0.2, 0.25) is 0 Å². The van der Waals surface area contributed by atoms with Crippen LogP contribution in [-0.2, 0) is 5.41 Å². The van der Waals surface area contributed by atoms with Gasteiger partial charge in [0.05, 0.1) is 0 Å². The Morgan fingerprint density at radius 1 is 0.559 bits per heavy atom. The number of hydrogen-bond donors (Lipinski definition) is 2. The van der Waals surface area contributed by atoms with Crippen LogP contribution >= 0.6 is 0 Å². The molecule has 0 aromatic heterocycles. The third-order valence-corrected chi connectivity index (χ3v) is 5.99. The average Bonchev–Trinajstić information content (AvgIpc) is 2.85. The molecule has 4 aromatic carbocycles. The molecule has 168 valence electrons. The first kappa shape index (κ1) is 21.4. The Bertz CT molecular complexity index is 1250. The summed E-state index contributed by atoms with van der Waals surface area (Å²) >= 11 is 0. The standard InChI is InChI=1S/C30H26N2O2/c31-24-6-4-8-28(20-24)33-26-14-10-22(11-15-26)30(18-2-1-3-19-30)23-12-16-27(17-13-23)34-29-9-5-7-25(32)21-29/h1-18,20-21H,19,31-32H2. The molecule has 0 saturated heterocycles. The lowest BCUT2D eigenvalue weighted by Crippen LogP contribution is -2.25. The maximum Gasteiger partial charge on any atom is 0.129 e. The molecule has 0 saturated carbocycles. The highest BCUT2D eigenvalue weighted by atomic mass is 16.5. The van der Waals surface area contributed by atoms with E-state index in [4.69, 9.17) is 20.9 Å². The number of nitrogens with two attached hydrogens (primary N) is 2. The molecular formula is C30H26N2O2. The summed E-state index contributed by atoms with van der Waals surface area (Å²) in [5.74, 6) is 2.98. The van der Waals surface area contributed by atoms with Crippen LogP contribution in [0.3, 0.4) is 0 Å². The van der Waals surface area contributed by atoms with Gasteiger partial charge < -0.3 is 20.9 Å². The number of rotatable bonds is 6. The number of benzene rings is 4. The molecule has 0 spiro atoms. The highest BCUT2D eigenvalue weighted by Crippen LogP contribution is 2.41. The van der Waals surface area contributed by atoms with Gasteiger partial charge in [-0.05, 0) is 66.1 Å². The third-order valence-electron chi connectivity index (χ3n) is 5.99. The van der Waals surface area contributed by atoms with Crippen molar-refractivity contribution in [3.8, 4) is 23.0 Å². The second-order valence-corrected chi connectivity index (χ2v) is 8.36. The second kappa shape index (κ2) is 9.20. The number of hydrogen-bond acceptors (Lipinski definition) is 4. The maximum atomic E-state index is 5.98. The first-order valence-electron chi connectivity index (χ1n) is 11.2. The summed E-state index contributed by atoms with van der Waals surface area (Å²) in [6, 6.07) is 31.4. The Balaban J connectivity index is 1.40.